The molecule has 22 heavy (non-hydrogen) atoms. The van der Waals surface area contributed by atoms with Crippen molar-refractivity contribution in [2.24, 2.45) is 0 Å². The SMILES string of the molecule is C[C@@H](Sc1nc(N)cc(N)n1)C(=O)c1ccc2c(c1)CCC2. The summed E-state index contributed by atoms with van der Waals surface area (Å²) in [6, 6.07) is 7.51. The lowest BCUT2D eigenvalue weighted by atomic mass is 10.0. The fraction of sp³-hybridized carbons (Fsp3) is 0.312. The maximum atomic E-state index is 12.6. The third-order valence-electron chi connectivity index (χ3n) is 3.78. The molecule has 0 saturated heterocycles. The Labute approximate surface area is 133 Å². The Balaban J connectivity index is 1.76. The van der Waals surface area contributed by atoms with Crippen LogP contribution >= 0.6 is 11.8 Å². The van der Waals surface area contributed by atoms with Gasteiger partial charge in [-0.2, -0.15) is 0 Å². The topological polar surface area (TPSA) is 94.9 Å². The molecule has 0 saturated carbocycles. The lowest BCUT2D eigenvalue weighted by Crippen LogP contribution is -2.15. The summed E-state index contributed by atoms with van der Waals surface area (Å²) in [6.07, 6.45) is 3.35. The van der Waals surface area contributed by atoms with E-state index in [0.29, 0.717) is 16.8 Å². The summed E-state index contributed by atoms with van der Waals surface area (Å²) in [5.74, 6) is 0.698. The van der Waals surface area contributed by atoms with Gasteiger partial charge >= 0.3 is 0 Å². The van der Waals surface area contributed by atoms with Gasteiger partial charge in [0.2, 0.25) is 0 Å². The van der Waals surface area contributed by atoms with E-state index in [1.807, 2.05) is 19.1 Å². The summed E-state index contributed by atoms with van der Waals surface area (Å²) >= 11 is 1.28. The molecule has 0 fully saturated rings. The van der Waals surface area contributed by atoms with Crippen LogP contribution in [-0.2, 0) is 12.8 Å². The van der Waals surface area contributed by atoms with Crippen LogP contribution in [-0.4, -0.2) is 21.0 Å². The lowest BCUT2D eigenvalue weighted by molar-refractivity contribution is 0.0994. The number of hydrogen-bond acceptors (Lipinski definition) is 6. The highest BCUT2D eigenvalue weighted by Gasteiger charge is 2.20. The molecule has 6 heteroatoms. The molecule has 1 atom stereocenters. The fourth-order valence-corrected chi connectivity index (χ4v) is 3.56. The number of rotatable bonds is 4. The minimum atomic E-state index is -0.291. The molecule has 0 amide bonds. The summed E-state index contributed by atoms with van der Waals surface area (Å²) in [6.45, 7) is 1.85. The number of anilines is 2. The van der Waals surface area contributed by atoms with Gasteiger partial charge in [-0.3, -0.25) is 4.79 Å². The zero-order chi connectivity index (χ0) is 15.7. The normalized spacial score (nSPS) is 14.6. The summed E-state index contributed by atoms with van der Waals surface area (Å²) in [5, 5.41) is 0.139. The number of carbonyl (C=O) groups excluding carboxylic acids is 1. The number of Topliss-reactive ketones (excluding diaryl/α,β-unsaturated/α-hetero) is 1. The van der Waals surface area contributed by atoms with Crippen LogP contribution in [0.25, 0.3) is 0 Å². The molecule has 1 aliphatic carbocycles. The van der Waals surface area contributed by atoms with Crippen molar-refractivity contribution in [3.63, 3.8) is 0 Å². The maximum Gasteiger partial charge on any atom is 0.192 e. The van der Waals surface area contributed by atoms with Gasteiger partial charge in [-0.1, -0.05) is 23.9 Å². The number of benzene rings is 1. The molecular formula is C16H18N4OS. The van der Waals surface area contributed by atoms with Crippen molar-refractivity contribution in [1.82, 2.24) is 9.97 Å². The molecule has 0 spiro atoms. The highest BCUT2D eigenvalue weighted by atomic mass is 32.2. The van der Waals surface area contributed by atoms with Crippen molar-refractivity contribution in [3.05, 3.63) is 41.0 Å². The Hall–Kier alpha value is -2.08. The predicted octanol–water partition coefficient (Wildman–Crippen LogP) is 2.49. The van der Waals surface area contributed by atoms with Gasteiger partial charge in [0.05, 0.1) is 5.25 Å². The molecule has 0 radical (unpaired) electrons. The Morgan fingerprint density at radius 1 is 1.14 bits per heavy atom. The first-order valence-corrected chi connectivity index (χ1v) is 8.13. The van der Waals surface area contributed by atoms with Crippen LogP contribution in [0.4, 0.5) is 11.6 Å². The molecule has 1 aromatic heterocycles. The fourth-order valence-electron chi connectivity index (χ4n) is 2.69. The highest BCUT2D eigenvalue weighted by molar-refractivity contribution is 8.00. The number of hydrogen-bond donors (Lipinski definition) is 2. The maximum absolute atomic E-state index is 12.6. The second-order valence-electron chi connectivity index (χ2n) is 5.46. The largest absolute Gasteiger partial charge is 0.383 e. The molecule has 1 heterocycles. The molecule has 0 bridgehead atoms. The van der Waals surface area contributed by atoms with Gasteiger partial charge < -0.3 is 11.5 Å². The van der Waals surface area contributed by atoms with Gasteiger partial charge in [0.1, 0.15) is 11.6 Å². The molecule has 1 aliphatic rings. The zero-order valence-corrected chi connectivity index (χ0v) is 13.2. The van der Waals surface area contributed by atoms with E-state index in [1.165, 1.54) is 35.4 Å². The number of carbonyl (C=O) groups is 1. The van der Waals surface area contributed by atoms with E-state index < -0.39 is 0 Å². The molecule has 2 aromatic rings. The van der Waals surface area contributed by atoms with Crippen molar-refractivity contribution in [2.45, 2.75) is 36.6 Å². The molecule has 0 unspecified atom stereocenters. The lowest BCUT2D eigenvalue weighted by Gasteiger charge is -2.11. The average Bonchev–Trinajstić information content (AvgIpc) is 2.92. The van der Waals surface area contributed by atoms with Gasteiger partial charge in [-0.25, -0.2) is 9.97 Å². The summed E-state index contributed by atoms with van der Waals surface area (Å²) in [7, 11) is 0. The van der Waals surface area contributed by atoms with Gasteiger partial charge in [-0.15, -0.1) is 0 Å². The highest BCUT2D eigenvalue weighted by Crippen LogP contribution is 2.27. The van der Waals surface area contributed by atoms with E-state index in [0.717, 1.165) is 18.4 Å². The molecule has 114 valence electrons. The third kappa shape index (κ3) is 3.06. The van der Waals surface area contributed by atoms with E-state index in [1.54, 1.807) is 0 Å². The summed E-state index contributed by atoms with van der Waals surface area (Å²) in [4.78, 5) is 20.8. The van der Waals surface area contributed by atoms with Crippen LogP contribution < -0.4 is 11.5 Å². The number of fused-ring (bicyclic) bond motifs is 1. The minimum Gasteiger partial charge on any atom is -0.383 e. The Kier molecular flexibility index (Phi) is 4.02. The number of nitrogens with zero attached hydrogens (tertiary/aromatic N) is 2. The van der Waals surface area contributed by atoms with Gasteiger partial charge in [0, 0.05) is 11.6 Å². The van der Waals surface area contributed by atoms with E-state index >= 15 is 0 Å². The smallest absolute Gasteiger partial charge is 0.192 e. The van der Waals surface area contributed by atoms with E-state index in [2.05, 4.69) is 16.0 Å². The van der Waals surface area contributed by atoms with E-state index in [-0.39, 0.29) is 11.0 Å². The monoisotopic (exact) mass is 314 g/mol. The van der Waals surface area contributed by atoms with E-state index in [9.17, 15) is 4.79 Å². The van der Waals surface area contributed by atoms with Crippen LogP contribution in [0.15, 0.2) is 29.4 Å². The number of aromatic nitrogens is 2. The first-order chi connectivity index (χ1) is 10.5. The van der Waals surface area contributed by atoms with Crippen LogP contribution in [0.1, 0.15) is 34.8 Å². The van der Waals surface area contributed by atoms with Crippen LogP contribution in [0.3, 0.4) is 0 Å². The molecule has 4 N–H and O–H groups in total. The van der Waals surface area contributed by atoms with Gasteiger partial charge in [0.25, 0.3) is 0 Å². The number of thioether (sulfide) groups is 1. The Morgan fingerprint density at radius 3 is 2.55 bits per heavy atom. The molecule has 5 nitrogen and oxygen atoms in total. The first kappa shape index (κ1) is 14.8. The quantitative estimate of drug-likeness (QED) is 0.511. The number of nitrogen functional groups attached to an aromatic ring is 2. The predicted molar refractivity (Wildman–Crippen MR) is 89.0 cm³/mol. The van der Waals surface area contributed by atoms with E-state index in [4.69, 9.17) is 11.5 Å². The standard InChI is InChI=1S/C16H18N4OS/c1-9(22-16-19-13(17)8-14(18)20-16)15(21)12-6-5-10-3-2-4-11(10)7-12/h5-9H,2-4H2,1H3,(H4,17,18,19,20)/t9-/m1/s1. The Bertz CT molecular complexity index is 712. The van der Waals surface area contributed by atoms with Crippen LogP contribution in [0, 0.1) is 0 Å². The molecular weight excluding hydrogens is 296 g/mol. The van der Waals surface area contributed by atoms with Crippen molar-refractivity contribution in [2.75, 3.05) is 11.5 Å². The second-order valence-corrected chi connectivity index (χ2v) is 6.77. The molecule has 3 rings (SSSR count). The zero-order valence-electron chi connectivity index (χ0n) is 12.4. The summed E-state index contributed by atoms with van der Waals surface area (Å²) in [5.41, 5.74) is 14.7. The number of aryl methyl sites for hydroxylation is 2. The van der Waals surface area contributed by atoms with Crippen LogP contribution in [0.5, 0.6) is 0 Å². The number of nitrogens with two attached hydrogens (primary N) is 2. The molecule has 0 aliphatic heterocycles. The van der Waals surface area contributed by atoms with Gasteiger partial charge in [-0.05, 0) is 43.4 Å². The van der Waals surface area contributed by atoms with Crippen molar-refractivity contribution in [3.8, 4) is 0 Å². The average molecular weight is 314 g/mol. The third-order valence-corrected chi connectivity index (χ3v) is 4.74. The Morgan fingerprint density at radius 2 is 1.82 bits per heavy atom. The van der Waals surface area contributed by atoms with Crippen molar-refractivity contribution in [1.29, 1.82) is 0 Å². The number of ketones is 1. The minimum absolute atomic E-state index is 0.0734. The molecule has 1 aromatic carbocycles. The van der Waals surface area contributed by atoms with Crippen molar-refractivity contribution < 1.29 is 4.79 Å². The van der Waals surface area contributed by atoms with Crippen molar-refractivity contribution >= 4 is 29.2 Å². The van der Waals surface area contributed by atoms with Gasteiger partial charge in [0.15, 0.2) is 10.9 Å². The first-order valence-electron chi connectivity index (χ1n) is 7.25. The summed E-state index contributed by atoms with van der Waals surface area (Å²) < 4.78 is 0. The second kappa shape index (κ2) is 5.96. The van der Waals surface area contributed by atoms with Crippen LogP contribution in [0.2, 0.25) is 0 Å².